The van der Waals surface area contributed by atoms with Gasteiger partial charge in [-0.25, -0.2) is 4.39 Å². The molecule has 0 saturated heterocycles. The van der Waals surface area contributed by atoms with Crippen molar-refractivity contribution in [2.75, 3.05) is 7.05 Å². The molecule has 0 bridgehead atoms. The van der Waals surface area contributed by atoms with E-state index in [1.54, 1.807) is 12.1 Å². The largest absolute Gasteiger partial charge is 0.287 e. The smallest absolute Gasteiger partial charge is 0.123 e. The van der Waals surface area contributed by atoms with Crippen molar-refractivity contribution < 1.29 is 4.39 Å². The van der Waals surface area contributed by atoms with Crippen LogP contribution < -0.4 is 0 Å². The highest BCUT2D eigenvalue weighted by Crippen LogP contribution is 2.09. The van der Waals surface area contributed by atoms with E-state index >= 15 is 0 Å². The average Bonchev–Trinajstić information content (AvgIpc) is 2.23. The van der Waals surface area contributed by atoms with Gasteiger partial charge in [0.2, 0.25) is 0 Å². The summed E-state index contributed by atoms with van der Waals surface area (Å²) in [5.41, 5.74) is 1.02. The van der Waals surface area contributed by atoms with Gasteiger partial charge in [0, 0.05) is 6.54 Å². The molecular weight excluding hydrogens is 191 g/mol. The molecule has 0 heterocycles. The Kier molecular flexibility index (Phi) is 4.26. The Morgan fingerprint density at radius 3 is 2.47 bits per heavy atom. The molecule has 80 valence electrons. The minimum Gasteiger partial charge on any atom is -0.287 e. The van der Waals surface area contributed by atoms with Crippen LogP contribution in [-0.2, 0) is 6.54 Å². The quantitative estimate of drug-likeness (QED) is 0.757. The van der Waals surface area contributed by atoms with Crippen LogP contribution in [0.15, 0.2) is 24.3 Å². The van der Waals surface area contributed by atoms with Crippen LogP contribution in [0.2, 0.25) is 0 Å². The van der Waals surface area contributed by atoms with E-state index in [0.717, 1.165) is 12.0 Å². The summed E-state index contributed by atoms with van der Waals surface area (Å²) in [4.78, 5) is 1.97. The van der Waals surface area contributed by atoms with Crippen LogP contribution in [-0.4, -0.2) is 18.0 Å². The van der Waals surface area contributed by atoms with Crippen LogP contribution in [0.25, 0.3) is 0 Å². The summed E-state index contributed by atoms with van der Waals surface area (Å²) in [6.07, 6.45) is 0.800. The Bertz CT molecular complexity index is 340. The normalized spacial score (nSPS) is 12.5. The molecule has 0 spiro atoms. The minimum atomic E-state index is -0.228. The van der Waals surface area contributed by atoms with E-state index in [-0.39, 0.29) is 11.9 Å². The van der Waals surface area contributed by atoms with Gasteiger partial charge in [0.1, 0.15) is 5.82 Å². The highest BCUT2D eigenvalue weighted by molar-refractivity contribution is 5.16. The van der Waals surface area contributed by atoms with Gasteiger partial charge in [-0.2, -0.15) is 5.26 Å². The summed E-state index contributed by atoms with van der Waals surface area (Å²) >= 11 is 0. The topological polar surface area (TPSA) is 27.0 Å². The molecule has 15 heavy (non-hydrogen) atoms. The van der Waals surface area contributed by atoms with Gasteiger partial charge in [0.15, 0.2) is 0 Å². The van der Waals surface area contributed by atoms with E-state index in [9.17, 15) is 4.39 Å². The van der Waals surface area contributed by atoms with Gasteiger partial charge in [-0.15, -0.1) is 0 Å². The molecule has 2 nitrogen and oxygen atoms in total. The Balaban J connectivity index is 2.62. The molecule has 0 aromatic heterocycles. The molecular formula is C12H15FN2. The summed E-state index contributed by atoms with van der Waals surface area (Å²) < 4.78 is 12.6. The summed E-state index contributed by atoms with van der Waals surface area (Å²) in [5.74, 6) is -0.228. The third kappa shape index (κ3) is 3.34. The van der Waals surface area contributed by atoms with Crippen molar-refractivity contribution in [3.05, 3.63) is 35.6 Å². The van der Waals surface area contributed by atoms with Crippen LogP contribution in [0.4, 0.5) is 4.39 Å². The van der Waals surface area contributed by atoms with E-state index in [1.165, 1.54) is 12.1 Å². The molecule has 0 aliphatic carbocycles. The molecule has 3 heteroatoms. The number of nitriles is 1. The highest BCUT2D eigenvalue weighted by Gasteiger charge is 2.11. The molecule has 1 aromatic carbocycles. The van der Waals surface area contributed by atoms with Crippen molar-refractivity contribution in [3.63, 3.8) is 0 Å². The Hall–Kier alpha value is -1.40. The lowest BCUT2D eigenvalue weighted by Crippen LogP contribution is -2.29. The van der Waals surface area contributed by atoms with Crippen LogP contribution in [0, 0.1) is 17.1 Å². The molecule has 1 atom stereocenters. The minimum absolute atomic E-state index is 0.0740. The van der Waals surface area contributed by atoms with Crippen molar-refractivity contribution >= 4 is 0 Å². The molecule has 0 aliphatic heterocycles. The zero-order valence-corrected chi connectivity index (χ0v) is 9.07. The molecule has 1 aromatic rings. The van der Waals surface area contributed by atoms with Gasteiger partial charge >= 0.3 is 0 Å². The molecule has 0 saturated carbocycles. The van der Waals surface area contributed by atoms with Crippen LogP contribution in [0.3, 0.4) is 0 Å². The fraction of sp³-hybridized carbons (Fsp3) is 0.417. The number of benzene rings is 1. The Morgan fingerprint density at radius 1 is 1.40 bits per heavy atom. The second kappa shape index (κ2) is 5.47. The van der Waals surface area contributed by atoms with Gasteiger partial charge in [0.05, 0.1) is 12.1 Å². The number of hydrogen-bond acceptors (Lipinski definition) is 2. The predicted molar refractivity (Wildman–Crippen MR) is 57.6 cm³/mol. The van der Waals surface area contributed by atoms with E-state index in [4.69, 9.17) is 5.26 Å². The Morgan fingerprint density at radius 2 is 2.00 bits per heavy atom. The number of nitrogens with zero attached hydrogens (tertiary/aromatic N) is 2. The van der Waals surface area contributed by atoms with E-state index in [1.807, 2.05) is 18.9 Å². The Labute approximate surface area is 89.9 Å². The van der Waals surface area contributed by atoms with Crippen molar-refractivity contribution in [2.45, 2.75) is 25.9 Å². The number of hydrogen-bond donors (Lipinski definition) is 0. The van der Waals surface area contributed by atoms with Gasteiger partial charge in [0.25, 0.3) is 0 Å². The maximum Gasteiger partial charge on any atom is 0.123 e. The van der Waals surface area contributed by atoms with Crippen LogP contribution in [0.1, 0.15) is 18.9 Å². The second-order valence-corrected chi connectivity index (χ2v) is 3.59. The van der Waals surface area contributed by atoms with Crippen LogP contribution >= 0.6 is 0 Å². The van der Waals surface area contributed by atoms with Crippen molar-refractivity contribution in [2.24, 2.45) is 0 Å². The standard InChI is InChI=1S/C12H15FN2/c1-3-12(8-14)15(2)9-10-4-6-11(13)7-5-10/h4-7,12H,3,9H2,1-2H3. The lowest BCUT2D eigenvalue weighted by Gasteiger charge is -2.21. The number of halogens is 1. The van der Waals surface area contributed by atoms with Crippen LogP contribution in [0.5, 0.6) is 0 Å². The predicted octanol–water partition coefficient (Wildman–Crippen LogP) is 2.56. The van der Waals surface area contributed by atoms with Crippen molar-refractivity contribution in [1.29, 1.82) is 5.26 Å². The first-order valence-corrected chi connectivity index (χ1v) is 5.01. The third-order valence-corrected chi connectivity index (χ3v) is 2.41. The molecule has 0 aliphatic rings. The van der Waals surface area contributed by atoms with E-state index < -0.39 is 0 Å². The fourth-order valence-electron chi connectivity index (χ4n) is 1.49. The second-order valence-electron chi connectivity index (χ2n) is 3.59. The molecule has 1 unspecified atom stereocenters. The van der Waals surface area contributed by atoms with Gasteiger partial charge < -0.3 is 0 Å². The maximum atomic E-state index is 12.6. The maximum absolute atomic E-state index is 12.6. The summed E-state index contributed by atoms with van der Waals surface area (Å²) in [5, 5.41) is 8.87. The highest BCUT2D eigenvalue weighted by atomic mass is 19.1. The van der Waals surface area contributed by atoms with Crippen molar-refractivity contribution in [1.82, 2.24) is 4.90 Å². The first-order valence-electron chi connectivity index (χ1n) is 5.01. The molecule has 0 radical (unpaired) electrons. The average molecular weight is 206 g/mol. The zero-order valence-electron chi connectivity index (χ0n) is 9.07. The summed E-state index contributed by atoms with van der Waals surface area (Å²) in [7, 11) is 1.90. The first kappa shape index (κ1) is 11.7. The van der Waals surface area contributed by atoms with Crippen molar-refractivity contribution in [3.8, 4) is 6.07 Å². The fourth-order valence-corrected chi connectivity index (χ4v) is 1.49. The summed E-state index contributed by atoms with van der Waals surface area (Å²) in [6.45, 7) is 2.65. The van der Waals surface area contributed by atoms with Gasteiger partial charge in [-0.1, -0.05) is 19.1 Å². The summed E-state index contributed by atoms with van der Waals surface area (Å²) in [6, 6.07) is 8.53. The zero-order chi connectivity index (χ0) is 11.3. The van der Waals surface area contributed by atoms with E-state index in [2.05, 4.69) is 6.07 Å². The molecule has 0 amide bonds. The number of rotatable bonds is 4. The first-order chi connectivity index (χ1) is 7.17. The van der Waals surface area contributed by atoms with Gasteiger partial charge in [-0.3, -0.25) is 4.90 Å². The molecule has 0 N–H and O–H groups in total. The molecule has 0 fully saturated rings. The third-order valence-electron chi connectivity index (χ3n) is 2.41. The lowest BCUT2D eigenvalue weighted by molar-refractivity contribution is 0.273. The van der Waals surface area contributed by atoms with Gasteiger partial charge in [-0.05, 0) is 31.2 Å². The van der Waals surface area contributed by atoms with E-state index in [0.29, 0.717) is 6.54 Å². The lowest BCUT2D eigenvalue weighted by atomic mass is 10.1. The monoisotopic (exact) mass is 206 g/mol. The SMILES string of the molecule is CCC(C#N)N(C)Cc1ccc(F)cc1. The molecule has 1 rings (SSSR count).